The third-order valence-electron chi connectivity index (χ3n) is 5.05. The van der Waals surface area contributed by atoms with Crippen LogP contribution in [0.25, 0.3) is 0 Å². The molecule has 31 heavy (non-hydrogen) atoms. The second-order valence-corrected chi connectivity index (χ2v) is 21.1. The molecule has 1 amide bonds. The summed E-state index contributed by atoms with van der Waals surface area (Å²) >= 11 is 0. The number of ether oxygens (including phenoxy) is 1. The van der Waals surface area contributed by atoms with Crippen LogP contribution in [0.15, 0.2) is 18.3 Å². The second-order valence-electron chi connectivity index (χ2n) is 11.6. The number of hydrogen-bond acceptors (Lipinski definition) is 4. The first kappa shape index (κ1) is 27.4. The molecule has 0 bridgehead atoms. The highest BCUT2D eigenvalue weighted by Gasteiger charge is 2.37. The minimum atomic E-state index is -1.88. The fourth-order valence-electron chi connectivity index (χ4n) is 2.25. The van der Waals surface area contributed by atoms with Crippen molar-refractivity contribution in [1.29, 1.82) is 0 Å². The molecule has 1 aromatic rings. The lowest BCUT2D eigenvalue weighted by molar-refractivity contribution is 0.0205. The Labute approximate surface area is 192 Å². The molecule has 0 aliphatic carbocycles. The summed E-state index contributed by atoms with van der Waals surface area (Å²) < 4.78 is 11.9. The van der Waals surface area contributed by atoms with Crippen molar-refractivity contribution in [3.8, 4) is 11.5 Å². The molecule has 0 aromatic carbocycles. The monoisotopic (exact) mass is 462 g/mol. The molecule has 0 saturated heterocycles. The first-order valence-corrected chi connectivity index (χ1v) is 17.4. The maximum atomic E-state index is 12.8. The van der Waals surface area contributed by atoms with Gasteiger partial charge in [-0.3, -0.25) is 0 Å². The van der Waals surface area contributed by atoms with E-state index in [1.54, 1.807) is 11.1 Å². The Bertz CT molecular complexity index is 790. The molecule has 0 aliphatic heterocycles. The lowest BCUT2D eigenvalue weighted by atomic mass is 10.2. The summed E-state index contributed by atoms with van der Waals surface area (Å²) in [4.78, 5) is 19.0. The van der Waals surface area contributed by atoms with Crippen molar-refractivity contribution in [2.24, 2.45) is 0 Å². The topological polar surface area (TPSA) is 51.7 Å². The molecule has 0 atom stereocenters. The van der Waals surface area contributed by atoms with Gasteiger partial charge in [0, 0.05) is 12.7 Å². The van der Waals surface area contributed by atoms with Crippen molar-refractivity contribution in [2.75, 3.05) is 13.2 Å². The molecule has 0 spiro atoms. The second kappa shape index (κ2) is 10.3. The van der Waals surface area contributed by atoms with Crippen molar-refractivity contribution in [1.82, 2.24) is 9.88 Å². The van der Waals surface area contributed by atoms with E-state index in [2.05, 4.69) is 70.0 Å². The number of aromatic nitrogens is 1. The molecule has 0 fully saturated rings. The van der Waals surface area contributed by atoms with Crippen molar-refractivity contribution in [3.63, 3.8) is 0 Å². The predicted molar refractivity (Wildman–Crippen MR) is 134 cm³/mol. The van der Waals surface area contributed by atoms with Gasteiger partial charge in [-0.2, -0.15) is 0 Å². The smallest absolute Gasteiger partial charge is 0.410 e. The summed E-state index contributed by atoms with van der Waals surface area (Å²) in [6.07, 6.45) is 1.45. The van der Waals surface area contributed by atoms with Crippen molar-refractivity contribution in [3.05, 3.63) is 29.6 Å². The number of pyridine rings is 1. The van der Waals surface area contributed by atoms with Crippen LogP contribution in [0.1, 0.15) is 52.8 Å². The molecule has 0 N–H and O–H groups in total. The number of hydrogen-bond donors (Lipinski definition) is 0. The largest absolute Gasteiger partial charge is 0.444 e. The zero-order valence-corrected chi connectivity index (χ0v) is 23.5. The van der Waals surface area contributed by atoms with Gasteiger partial charge in [0.1, 0.15) is 19.4 Å². The number of carbonyl (C=O) groups excluding carboxylic acids is 1. The maximum absolute atomic E-state index is 12.8. The molecule has 1 heterocycles. The van der Waals surface area contributed by atoms with E-state index in [1.807, 2.05) is 32.9 Å². The number of nitrogens with zero attached hydrogens (tertiary/aromatic N) is 2. The van der Waals surface area contributed by atoms with Gasteiger partial charge in [0.2, 0.25) is 0 Å². The molecule has 0 aliphatic rings. The lowest BCUT2D eigenvalue weighted by Crippen LogP contribution is -2.44. The first-order valence-electron chi connectivity index (χ1n) is 11.0. The van der Waals surface area contributed by atoms with Gasteiger partial charge < -0.3 is 14.1 Å². The van der Waals surface area contributed by atoms with E-state index in [1.165, 1.54) is 0 Å². The van der Waals surface area contributed by atoms with Crippen LogP contribution in [0.5, 0.6) is 0 Å². The zero-order chi connectivity index (χ0) is 24.1. The van der Waals surface area contributed by atoms with Crippen LogP contribution in [0.4, 0.5) is 4.79 Å². The van der Waals surface area contributed by atoms with E-state index in [0.29, 0.717) is 19.7 Å². The minimum Gasteiger partial charge on any atom is -0.444 e. The fourth-order valence-corrected chi connectivity index (χ4v) is 3.79. The number of rotatable bonds is 6. The highest BCUT2D eigenvalue weighted by atomic mass is 28.4. The third kappa shape index (κ3) is 10.5. The summed E-state index contributed by atoms with van der Waals surface area (Å²) in [5.74, 6) is 3.16. The Hall–Kier alpha value is -1.63. The predicted octanol–water partition coefficient (Wildman–Crippen LogP) is 6.07. The van der Waals surface area contributed by atoms with E-state index >= 15 is 0 Å². The van der Waals surface area contributed by atoms with Crippen LogP contribution < -0.4 is 0 Å². The molecule has 0 saturated carbocycles. The van der Waals surface area contributed by atoms with Crippen LogP contribution in [0, 0.1) is 11.5 Å². The molecule has 1 rings (SSSR count). The summed E-state index contributed by atoms with van der Waals surface area (Å²) in [6, 6.07) is 3.90. The average molecular weight is 463 g/mol. The van der Waals surface area contributed by atoms with Crippen LogP contribution in [-0.4, -0.2) is 51.1 Å². The fraction of sp³-hybridized carbons (Fsp3) is 0.667. The van der Waals surface area contributed by atoms with Crippen molar-refractivity contribution < 1.29 is 14.0 Å². The number of carbonyl (C=O) groups is 1. The van der Waals surface area contributed by atoms with Gasteiger partial charge in [0.25, 0.3) is 0 Å². The zero-order valence-electron chi connectivity index (χ0n) is 21.5. The minimum absolute atomic E-state index is 0.125. The van der Waals surface area contributed by atoms with E-state index in [-0.39, 0.29) is 11.1 Å². The summed E-state index contributed by atoms with van der Waals surface area (Å²) in [5.41, 5.74) is 4.48. The highest BCUT2D eigenvalue weighted by Crippen LogP contribution is 2.36. The van der Waals surface area contributed by atoms with Gasteiger partial charge in [0.15, 0.2) is 8.32 Å². The maximum Gasteiger partial charge on any atom is 0.410 e. The summed E-state index contributed by atoms with van der Waals surface area (Å²) in [7, 11) is -3.32. The number of amides is 1. The third-order valence-corrected chi connectivity index (χ3v) is 10.5. The first-order chi connectivity index (χ1) is 13.9. The Balaban J connectivity index is 2.92. The highest BCUT2D eigenvalue weighted by molar-refractivity contribution is 6.83. The van der Waals surface area contributed by atoms with Crippen molar-refractivity contribution in [2.45, 2.75) is 91.5 Å². The Morgan fingerprint density at radius 1 is 1.06 bits per heavy atom. The van der Waals surface area contributed by atoms with E-state index in [9.17, 15) is 4.79 Å². The Kier molecular flexibility index (Phi) is 9.13. The molecule has 5 nitrogen and oxygen atoms in total. The molecule has 7 heteroatoms. The molecular formula is C24H42N2O3Si2. The standard InChI is InChI=1S/C24H42N2O3Si2/c1-23(2,3)29-22(27)26(15-16-28-31(10,11)24(4,5)6)19-20-12-13-21(25-18-20)14-17-30(7,8)9/h12-13,18H,15-16,19H2,1-11H3. The molecular weight excluding hydrogens is 420 g/mol. The van der Waals surface area contributed by atoms with Crippen molar-refractivity contribution >= 4 is 22.5 Å². The van der Waals surface area contributed by atoms with Gasteiger partial charge >= 0.3 is 6.09 Å². The molecule has 0 unspecified atom stereocenters. The van der Waals surface area contributed by atoms with E-state index < -0.39 is 22.0 Å². The Morgan fingerprint density at radius 2 is 1.68 bits per heavy atom. The quantitative estimate of drug-likeness (QED) is 0.380. The lowest BCUT2D eigenvalue weighted by Gasteiger charge is -2.37. The van der Waals surface area contributed by atoms with Crippen LogP contribution >= 0.6 is 0 Å². The van der Waals surface area contributed by atoms with E-state index in [4.69, 9.17) is 9.16 Å². The molecule has 1 aromatic heterocycles. The van der Waals surface area contributed by atoms with Gasteiger partial charge in [-0.05, 0) is 50.5 Å². The molecule has 174 valence electrons. The van der Waals surface area contributed by atoms with Crippen LogP contribution in [0.3, 0.4) is 0 Å². The van der Waals surface area contributed by atoms with Gasteiger partial charge in [-0.25, -0.2) is 9.78 Å². The van der Waals surface area contributed by atoms with Gasteiger partial charge in [-0.15, -0.1) is 5.54 Å². The van der Waals surface area contributed by atoms with E-state index in [0.717, 1.165) is 11.3 Å². The summed E-state index contributed by atoms with van der Waals surface area (Å²) in [6.45, 7) is 24.7. The normalized spacial score (nSPS) is 12.7. The Morgan fingerprint density at radius 3 is 2.13 bits per heavy atom. The van der Waals surface area contributed by atoms with Gasteiger partial charge in [-0.1, -0.05) is 52.4 Å². The molecule has 0 radical (unpaired) electrons. The van der Waals surface area contributed by atoms with Gasteiger partial charge in [0.05, 0.1) is 13.2 Å². The summed E-state index contributed by atoms with van der Waals surface area (Å²) in [5, 5.41) is 0.125. The average Bonchev–Trinajstić information content (AvgIpc) is 2.57. The van der Waals surface area contributed by atoms with Crippen LogP contribution in [0.2, 0.25) is 37.8 Å². The SMILES string of the molecule is CC(C)(C)OC(=O)N(CCO[Si](C)(C)C(C)(C)C)Cc1ccc(C#C[Si](C)(C)C)nc1. The van der Waals surface area contributed by atoms with Crippen LogP contribution in [-0.2, 0) is 15.7 Å².